The molecule has 194 valence electrons. The first-order chi connectivity index (χ1) is 19.0. The van der Waals surface area contributed by atoms with Crippen LogP contribution >= 0.6 is 0 Å². The van der Waals surface area contributed by atoms with Crippen LogP contribution in [0.4, 0.5) is 10.1 Å². The maximum absolute atomic E-state index is 14.0. The third kappa shape index (κ3) is 4.84. The van der Waals surface area contributed by atoms with Gasteiger partial charge >= 0.3 is 0 Å². The zero-order chi connectivity index (χ0) is 26.9. The number of nitrogens with one attached hydrogen (secondary N) is 3. The number of fused-ring (bicyclic) bond motifs is 2. The van der Waals surface area contributed by atoms with Crippen LogP contribution in [0.15, 0.2) is 79.1 Å². The highest BCUT2D eigenvalue weighted by Crippen LogP contribution is 2.36. The Kier molecular flexibility index (Phi) is 6.28. The van der Waals surface area contributed by atoms with Gasteiger partial charge in [-0.15, -0.1) is 0 Å². The van der Waals surface area contributed by atoms with Crippen LogP contribution in [-0.4, -0.2) is 31.2 Å². The van der Waals surface area contributed by atoms with E-state index in [2.05, 4.69) is 32.4 Å². The molecule has 0 saturated heterocycles. The van der Waals surface area contributed by atoms with Gasteiger partial charge in [-0.1, -0.05) is 31.5 Å². The number of halogens is 1. The molecule has 0 aliphatic carbocycles. The molecule has 3 heterocycles. The number of hydrogen-bond donors (Lipinski definition) is 4. The monoisotopic (exact) mass is 519 g/mol. The minimum absolute atomic E-state index is 0.0185. The number of aromatic nitrogens is 4. The van der Waals surface area contributed by atoms with Crippen molar-refractivity contribution < 1.29 is 14.3 Å². The Balaban J connectivity index is 1.38. The minimum atomic E-state index is -0.498. The molecule has 0 radical (unpaired) electrons. The number of pyridine rings is 1. The average Bonchev–Trinajstić information content (AvgIpc) is 3.55. The summed E-state index contributed by atoms with van der Waals surface area (Å²) in [4.78, 5) is 20.0. The standard InChI is InChI=1S/C31H26FN5O2/c1-2-3-7-30(39)34-22-11-20(16-33-17-22)18-8-9-28-26(13-18)31(37-36-28)29-15-25-24(5-4-6-27(25)35-29)19-10-21(32)14-23(38)12-19/h4-6,8-17,35,38H,2-3,7H2,1H3,(H,34,39)(H,36,37). The summed E-state index contributed by atoms with van der Waals surface area (Å²) in [6, 6.07) is 19.7. The number of aromatic amines is 2. The molecule has 0 saturated carbocycles. The molecule has 8 heteroatoms. The van der Waals surface area contributed by atoms with Gasteiger partial charge in [0.15, 0.2) is 0 Å². The van der Waals surface area contributed by atoms with Crippen molar-refractivity contribution >= 4 is 33.4 Å². The largest absolute Gasteiger partial charge is 0.508 e. The summed E-state index contributed by atoms with van der Waals surface area (Å²) in [6.07, 6.45) is 5.71. The lowest BCUT2D eigenvalue weighted by Gasteiger charge is -2.07. The van der Waals surface area contributed by atoms with Gasteiger partial charge in [-0.3, -0.25) is 14.9 Å². The highest BCUT2D eigenvalue weighted by Gasteiger charge is 2.15. The molecular weight excluding hydrogens is 493 g/mol. The van der Waals surface area contributed by atoms with Crippen molar-refractivity contribution in [2.24, 2.45) is 0 Å². The Morgan fingerprint density at radius 2 is 1.85 bits per heavy atom. The van der Waals surface area contributed by atoms with E-state index >= 15 is 0 Å². The van der Waals surface area contributed by atoms with Crippen molar-refractivity contribution in [2.45, 2.75) is 26.2 Å². The number of carbonyl (C=O) groups excluding carboxylic acids is 1. The summed E-state index contributed by atoms with van der Waals surface area (Å²) in [5, 5.41) is 22.4. The number of benzene rings is 3. The Bertz CT molecular complexity index is 1820. The SMILES string of the molecule is CCCCC(=O)Nc1cncc(-c2ccc3[nH]nc(-c4cc5c(-c6cc(O)cc(F)c6)cccc5[nH]4)c3c2)c1. The maximum Gasteiger partial charge on any atom is 0.224 e. The van der Waals surface area contributed by atoms with E-state index in [9.17, 15) is 14.3 Å². The topological polar surface area (TPSA) is 107 Å². The molecule has 6 aromatic rings. The van der Waals surface area contributed by atoms with Crippen molar-refractivity contribution in [1.82, 2.24) is 20.2 Å². The molecular formula is C31H26FN5O2. The number of phenolic OH excluding ortho intramolecular Hbond substituents is 1. The molecule has 3 aromatic carbocycles. The van der Waals surface area contributed by atoms with E-state index in [1.54, 1.807) is 18.5 Å². The molecule has 4 N–H and O–H groups in total. The molecule has 0 spiro atoms. The zero-order valence-electron chi connectivity index (χ0n) is 21.3. The lowest BCUT2D eigenvalue weighted by molar-refractivity contribution is -0.116. The van der Waals surface area contributed by atoms with Crippen LogP contribution in [0.1, 0.15) is 26.2 Å². The molecule has 0 aliphatic rings. The molecule has 7 nitrogen and oxygen atoms in total. The Morgan fingerprint density at radius 1 is 0.949 bits per heavy atom. The molecule has 0 atom stereocenters. The minimum Gasteiger partial charge on any atom is -0.508 e. The summed E-state index contributed by atoms with van der Waals surface area (Å²) >= 11 is 0. The van der Waals surface area contributed by atoms with E-state index in [-0.39, 0.29) is 11.7 Å². The summed E-state index contributed by atoms with van der Waals surface area (Å²) in [7, 11) is 0. The van der Waals surface area contributed by atoms with Crippen molar-refractivity contribution in [3.8, 4) is 39.4 Å². The van der Waals surface area contributed by atoms with Crippen LogP contribution in [-0.2, 0) is 4.79 Å². The van der Waals surface area contributed by atoms with E-state index in [1.807, 2.05) is 48.5 Å². The number of aromatic hydroxyl groups is 1. The second-order valence-corrected chi connectivity index (χ2v) is 9.59. The third-order valence-electron chi connectivity index (χ3n) is 6.79. The van der Waals surface area contributed by atoms with Gasteiger partial charge in [0, 0.05) is 40.5 Å². The number of nitrogens with zero attached hydrogens (tertiary/aromatic N) is 2. The fraction of sp³-hybridized carbons (Fsp3) is 0.129. The average molecular weight is 520 g/mol. The molecule has 6 rings (SSSR count). The molecule has 0 bridgehead atoms. The van der Waals surface area contributed by atoms with E-state index < -0.39 is 5.82 Å². The predicted molar refractivity (Wildman–Crippen MR) is 152 cm³/mol. The van der Waals surface area contributed by atoms with E-state index in [0.717, 1.165) is 68.8 Å². The summed E-state index contributed by atoms with van der Waals surface area (Å²) < 4.78 is 14.0. The van der Waals surface area contributed by atoms with Crippen molar-refractivity contribution in [3.05, 3.63) is 84.9 Å². The van der Waals surface area contributed by atoms with E-state index in [0.29, 0.717) is 17.7 Å². The van der Waals surface area contributed by atoms with E-state index in [1.165, 1.54) is 6.07 Å². The van der Waals surface area contributed by atoms with Gasteiger partial charge in [-0.2, -0.15) is 5.10 Å². The van der Waals surface area contributed by atoms with Crippen LogP contribution < -0.4 is 5.32 Å². The normalized spacial score (nSPS) is 11.3. The van der Waals surface area contributed by atoms with Crippen LogP contribution in [0.3, 0.4) is 0 Å². The van der Waals surface area contributed by atoms with Crippen LogP contribution in [0.5, 0.6) is 5.75 Å². The second-order valence-electron chi connectivity index (χ2n) is 9.59. The summed E-state index contributed by atoms with van der Waals surface area (Å²) in [5.74, 6) is -0.639. The quantitative estimate of drug-likeness (QED) is 0.176. The first kappa shape index (κ1) is 24.4. The number of phenols is 1. The number of hydrogen-bond acceptors (Lipinski definition) is 4. The van der Waals surface area contributed by atoms with Gasteiger partial charge in [-0.05, 0) is 65.6 Å². The number of amides is 1. The fourth-order valence-corrected chi connectivity index (χ4v) is 4.89. The highest BCUT2D eigenvalue weighted by molar-refractivity contribution is 6.02. The Labute approximate surface area is 223 Å². The summed E-state index contributed by atoms with van der Waals surface area (Å²) in [6.45, 7) is 2.06. The van der Waals surface area contributed by atoms with Crippen molar-refractivity contribution in [3.63, 3.8) is 0 Å². The molecule has 39 heavy (non-hydrogen) atoms. The van der Waals surface area contributed by atoms with Gasteiger partial charge in [0.05, 0.1) is 23.1 Å². The van der Waals surface area contributed by atoms with Crippen molar-refractivity contribution in [2.75, 3.05) is 5.32 Å². The Morgan fingerprint density at radius 3 is 2.69 bits per heavy atom. The van der Waals surface area contributed by atoms with Crippen LogP contribution in [0, 0.1) is 5.82 Å². The van der Waals surface area contributed by atoms with Gasteiger partial charge in [0.25, 0.3) is 0 Å². The number of unbranched alkanes of at least 4 members (excludes halogenated alkanes) is 1. The van der Waals surface area contributed by atoms with Crippen LogP contribution in [0.25, 0.3) is 55.4 Å². The molecule has 0 aliphatic heterocycles. The molecule has 0 fully saturated rings. The zero-order valence-corrected chi connectivity index (χ0v) is 21.3. The second kappa shape index (κ2) is 10.1. The molecule has 1 amide bonds. The van der Waals surface area contributed by atoms with E-state index in [4.69, 9.17) is 0 Å². The highest BCUT2D eigenvalue weighted by atomic mass is 19.1. The van der Waals surface area contributed by atoms with Crippen LogP contribution in [0.2, 0.25) is 0 Å². The molecule has 0 unspecified atom stereocenters. The Hall–Kier alpha value is -4.98. The molecule has 3 aromatic heterocycles. The first-order valence-corrected chi connectivity index (χ1v) is 12.8. The smallest absolute Gasteiger partial charge is 0.224 e. The lowest BCUT2D eigenvalue weighted by atomic mass is 10.0. The maximum atomic E-state index is 14.0. The number of H-pyrrole nitrogens is 2. The van der Waals surface area contributed by atoms with Gasteiger partial charge in [-0.25, -0.2) is 4.39 Å². The number of carbonyl (C=O) groups is 1. The van der Waals surface area contributed by atoms with Gasteiger partial charge < -0.3 is 15.4 Å². The van der Waals surface area contributed by atoms with Gasteiger partial charge in [0.2, 0.25) is 5.91 Å². The lowest BCUT2D eigenvalue weighted by Crippen LogP contribution is -2.11. The third-order valence-corrected chi connectivity index (χ3v) is 6.79. The van der Waals surface area contributed by atoms with Crippen molar-refractivity contribution in [1.29, 1.82) is 0 Å². The summed E-state index contributed by atoms with van der Waals surface area (Å²) in [5.41, 5.74) is 7.16. The first-order valence-electron chi connectivity index (χ1n) is 12.8. The number of rotatable bonds is 7. The van der Waals surface area contributed by atoms with Gasteiger partial charge in [0.1, 0.15) is 17.3 Å². The fourth-order valence-electron chi connectivity index (χ4n) is 4.89. The predicted octanol–water partition coefficient (Wildman–Crippen LogP) is 7.41. The number of anilines is 1.